The molecule has 0 bridgehead atoms. The van der Waals surface area contributed by atoms with Gasteiger partial charge in [0.25, 0.3) is 0 Å². The van der Waals surface area contributed by atoms with Gasteiger partial charge in [0, 0.05) is 26.2 Å². The van der Waals surface area contributed by atoms with Crippen molar-refractivity contribution in [3.8, 4) is 0 Å². The molecule has 1 aromatic carbocycles. The fraction of sp³-hybridized carbons (Fsp3) is 0.600. The molecule has 0 aliphatic carbocycles. The summed E-state index contributed by atoms with van der Waals surface area (Å²) in [6.07, 6.45) is 1.82. The van der Waals surface area contributed by atoms with Crippen LogP contribution in [0.4, 0.5) is 0 Å². The summed E-state index contributed by atoms with van der Waals surface area (Å²) in [5.74, 6) is 0. The quantitative estimate of drug-likeness (QED) is 0.833. The second kappa shape index (κ2) is 8.93. The van der Waals surface area contributed by atoms with Gasteiger partial charge in [0.05, 0.1) is 22.8 Å². The minimum absolute atomic E-state index is 0.181. The molecule has 1 saturated heterocycles. The molecular weight excluding hydrogens is 313 g/mol. The van der Waals surface area contributed by atoms with Gasteiger partial charge >= 0.3 is 0 Å². The highest BCUT2D eigenvalue weighted by molar-refractivity contribution is 6.42. The maximum Gasteiger partial charge on any atom is 0.147 e. The molecule has 21 heavy (non-hydrogen) atoms. The van der Waals surface area contributed by atoms with Gasteiger partial charge in [-0.3, -0.25) is 4.90 Å². The maximum absolute atomic E-state index is 9.05. The Bertz CT molecular complexity index is 439. The molecule has 1 N–H and O–H groups in total. The Balaban J connectivity index is 1.95. The zero-order valence-corrected chi connectivity index (χ0v) is 13.4. The van der Waals surface area contributed by atoms with E-state index in [9.17, 15) is 0 Å². The smallest absolute Gasteiger partial charge is 0.147 e. The average Bonchev–Trinajstić information content (AvgIpc) is 2.49. The van der Waals surface area contributed by atoms with Gasteiger partial charge in [-0.25, -0.2) is 0 Å². The van der Waals surface area contributed by atoms with Gasteiger partial charge in [-0.1, -0.05) is 29.3 Å². The Morgan fingerprint density at radius 1 is 1.29 bits per heavy atom. The van der Waals surface area contributed by atoms with Crippen LogP contribution < -0.4 is 0 Å². The number of halogens is 2. The third kappa shape index (κ3) is 5.74. The number of rotatable bonds is 7. The highest BCUT2D eigenvalue weighted by atomic mass is 35.5. The molecule has 1 unspecified atom stereocenters. The van der Waals surface area contributed by atoms with Crippen molar-refractivity contribution in [2.75, 3.05) is 33.1 Å². The van der Waals surface area contributed by atoms with Crippen LogP contribution in [0.1, 0.15) is 18.4 Å². The third-order valence-corrected chi connectivity index (χ3v) is 4.19. The summed E-state index contributed by atoms with van der Waals surface area (Å²) in [6, 6.07) is 5.68. The monoisotopic (exact) mass is 333 g/mol. The Morgan fingerprint density at radius 2 is 2.14 bits per heavy atom. The number of hydrogen-bond donors (Lipinski definition) is 1. The van der Waals surface area contributed by atoms with Crippen LogP contribution in [0.15, 0.2) is 18.2 Å². The first-order chi connectivity index (χ1) is 10.2. The van der Waals surface area contributed by atoms with Gasteiger partial charge in [-0.2, -0.15) is 0 Å². The second-order valence-corrected chi connectivity index (χ2v) is 5.98. The molecule has 6 heteroatoms. The molecule has 1 aromatic rings. The minimum Gasteiger partial charge on any atom is -0.396 e. The van der Waals surface area contributed by atoms with Crippen LogP contribution in [0.25, 0.3) is 0 Å². The van der Waals surface area contributed by atoms with E-state index in [0.717, 1.165) is 44.6 Å². The molecule has 1 aliphatic rings. The number of aliphatic hydroxyl groups is 1. The Labute approximate surface area is 135 Å². The Morgan fingerprint density at radius 3 is 2.81 bits per heavy atom. The normalized spacial score (nSPS) is 19.1. The highest BCUT2D eigenvalue weighted by Gasteiger charge is 2.18. The number of hydrogen-bond acceptors (Lipinski definition) is 4. The van der Waals surface area contributed by atoms with E-state index in [1.807, 2.05) is 18.2 Å². The number of nitrogens with zero attached hydrogens (tertiary/aromatic N) is 1. The fourth-order valence-electron chi connectivity index (χ4n) is 2.36. The molecule has 0 aromatic heterocycles. The molecule has 1 fully saturated rings. The Kier molecular flexibility index (Phi) is 7.23. The van der Waals surface area contributed by atoms with Crippen LogP contribution >= 0.6 is 23.2 Å². The van der Waals surface area contributed by atoms with Crippen molar-refractivity contribution in [2.45, 2.75) is 25.5 Å². The standard InChI is InChI=1S/C15H21Cl2NO3/c16-14-3-2-12(8-15(14)17)9-18(5-1-6-19)10-13-4-7-20-11-21-13/h2-3,8,13,19H,1,4-7,9-11H2. The van der Waals surface area contributed by atoms with E-state index in [-0.39, 0.29) is 12.7 Å². The second-order valence-electron chi connectivity index (χ2n) is 5.16. The molecule has 0 radical (unpaired) electrons. The van der Waals surface area contributed by atoms with E-state index in [0.29, 0.717) is 16.8 Å². The molecule has 0 spiro atoms. The average molecular weight is 334 g/mol. The number of aliphatic hydroxyl groups excluding tert-OH is 1. The summed E-state index contributed by atoms with van der Waals surface area (Å²) >= 11 is 12.0. The van der Waals surface area contributed by atoms with Crippen molar-refractivity contribution >= 4 is 23.2 Å². The molecule has 0 saturated carbocycles. The molecule has 2 rings (SSSR count). The van der Waals surface area contributed by atoms with Crippen LogP contribution in [-0.4, -0.2) is 49.2 Å². The lowest BCUT2D eigenvalue weighted by Crippen LogP contribution is -2.37. The van der Waals surface area contributed by atoms with Crippen LogP contribution in [0, 0.1) is 0 Å². The lowest BCUT2D eigenvalue weighted by Gasteiger charge is -2.30. The number of benzene rings is 1. The molecule has 0 amide bonds. The van der Waals surface area contributed by atoms with E-state index in [4.69, 9.17) is 37.8 Å². The van der Waals surface area contributed by atoms with E-state index in [1.54, 1.807) is 0 Å². The van der Waals surface area contributed by atoms with Gasteiger partial charge in [0.1, 0.15) is 6.79 Å². The van der Waals surface area contributed by atoms with Crippen molar-refractivity contribution in [3.63, 3.8) is 0 Å². The van der Waals surface area contributed by atoms with Crippen LogP contribution in [0.2, 0.25) is 10.0 Å². The molecule has 118 valence electrons. The van der Waals surface area contributed by atoms with Crippen molar-refractivity contribution in [2.24, 2.45) is 0 Å². The minimum atomic E-state index is 0.181. The summed E-state index contributed by atoms with van der Waals surface area (Å²) in [5.41, 5.74) is 1.11. The predicted octanol–water partition coefficient (Wildman–Crippen LogP) is 2.94. The molecule has 1 atom stereocenters. The van der Waals surface area contributed by atoms with Gasteiger partial charge in [-0.05, 0) is 30.5 Å². The largest absolute Gasteiger partial charge is 0.396 e. The van der Waals surface area contributed by atoms with Crippen molar-refractivity contribution in [3.05, 3.63) is 33.8 Å². The molecular formula is C15H21Cl2NO3. The highest BCUT2D eigenvalue weighted by Crippen LogP contribution is 2.23. The lowest BCUT2D eigenvalue weighted by molar-refractivity contribution is -0.145. The summed E-state index contributed by atoms with van der Waals surface area (Å²) in [6.45, 7) is 3.70. The third-order valence-electron chi connectivity index (χ3n) is 3.46. The van der Waals surface area contributed by atoms with Gasteiger partial charge in [0.15, 0.2) is 0 Å². The lowest BCUT2D eigenvalue weighted by atomic mass is 10.1. The van der Waals surface area contributed by atoms with Crippen LogP contribution in [0.5, 0.6) is 0 Å². The first-order valence-electron chi connectivity index (χ1n) is 7.15. The topological polar surface area (TPSA) is 41.9 Å². The van der Waals surface area contributed by atoms with Crippen molar-refractivity contribution in [1.82, 2.24) is 4.90 Å². The summed E-state index contributed by atoms with van der Waals surface area (Å²) in [4.78, 5) is 2.27. The summed E-state index contributed by atoms with van der Waals surface area (Å²) < 4.78 is 10.8. The molecule has 1 aliphatic heterocycles. The fourth-order valence-corrected chi connectivity index (χ4v) is 2.68. The van der Waals surface area contributed by atoms with Crippen molar-refractivity contribution < 1.29 is 14.6 Å². The van der Waals surface area contributed by atoms with Gasteiger partial charge < -0.3 is 14.6 Å². The van der Waals surface area contributed by atoms with E-state index < -0.39 is 0 Å². The zero-order chi connectivity index (χ0) is 15.1. The zero-order valence-electron chi connectivity index (χ0n) is 11.9. The van der Waals surface area contributed by atoms with Crippen LogP contribution in [0.3, 0.4) is 0 Å². The Hall–Kier alpha value is -0.360. The summed E-state index contributed by atoms with van der Waals surface area (Å²) in [5, 5.41) is 10.2. The number of ether oxygens (including phenoxy) is 2. The van der Waals surface area contributed by atoms with Gasteiger partial charge in [-0.15, -0.1) is 0 Å². The first-order valence-corrected chi connectivity index (χ1v) is 7.91. The first kappa shape index (κ1) is 17.0. The maximum atomic E-state index is 9.05. The van der Waals surface area contributed by atoms with Crippen LogP contribution in [-0.2, 0) is 16.0 Å². The van der Waals surface area contributed by atoms with E-state index in [1.165, 1.54) is 0 Å². The van der Waals surface area contributed by atoms with Crippen molar-refractivity contribution in [1.29, 1.82) is 0 Å². The van der Waals surface area contributed by atoms with E-state index >= 15 is 0 Å². The predicted molar refractivity (Wildman–Crippen MR) is 83.8 cm³/mol. The van der Waals surface area contributed by atoms with E-state index in [2.05, 4.69) is 4.90 Å². The molecule has 4 nitrogen and oxygen atoms in total. The van der Waals surface area contributed by atoms with Gasteiger partial charge in [0.2, 0.25) is 0 Å². The SMILES string of the molecule is OCCCN(Cc1ccc(Cl)c(Cl)c1)CC1CCOCO1. The summed E-state index contributed by atoms with van der Waals surface area (Å²) in [7, 11) is 0. The molecule has 1 heterocycles.